The Balaban J connectivity index is 2.18. The molecule has 1 amide bonds. The number of carboxylic acids is 1. The molecule has 7 nitrogen and oxygen atoms in total. The van der Waals surface area contributed by atoms with Crippen LogP contribution in [0, 0.1) is 0 Å². The molecule has 0 saturated heterocycles. The van der Waals surface area contributed by atoms with Crippen molar-refractivity contribution in [2.45, 2.75) is 18.9 Å². The van der Waals surface area contributed by atoms with Crippen molar-refractivity contribution in [1.29, 1.82) is 0 Å². The zero-order chi connectivity index (χ0) is 19.8. The Hall–Kier alpha value is -3.22. The first-order valence-corrected chi connectivity index (χ1v) is 8.32. The van der Waals surface area contributed by atoms with Gasteiger partial charge in [-0.1, -0.05) is 12.1 Å². The van der Waals surface area contributed by atoms with Crippen molar-refractivity contribution in [3.05, 3.63) is 53.6 Å². The SMILES string of the molecule is COc1ccc(CC(=O)NC(CC(=O)O)c2ccc(OC)cc2OC)cc1. The summed E-state index contributed by atoms with van der Waals surface area (Å²) >= 11 is 0. The van der Waals surface area contributed by atoms with Gasteiger partial charge in [-0.25, -0.2) is 0 Å². The molecular formula is C20H23NO6. The van der Waals surface area contributed by atoms with Crippen LogP contribution in [0.1, 0.15) is 23.6 Å². The fraction of sp³-hybridized carbons (Fsp3) is 0.300. The van der Waals surface area contributed by atoms with Crippen LogP contribution in [0.3, 0.4) is 0 Å². The van der Waals surface area contributed by atoms with E-state index < -0.39 is 12.0 Å². The van der Waals surface area contributed by atoms with Gasteiger partial charge in [-0.2, -0.15) is 0 Å². The third-order valence-electron chi connectivity index (χ3n) is 4.05. The summed E-state index contributed by atoms with van der Waals surface area (Å²) in [6.07, 6.45) is -0.143. The van der Waals surface area contributed by atoms with Gasteiger partial charge in [-0.05, 0) is 29.8 Å². The first kappa shape index (κ1) is 20.1. The first-order chi connectivity index (χ1) is 13.0. The van der Waals surface area contributed by atoms with Crippen LogP contribution in [0.25, 0.3) is 0 Å². The lowest BCUT2D eigenvalue weighted by molar-refractivity contribution is -0.137. The smallest absolute Gasteiger partial charge is 0.305 e. The number of nitrogens with one attached hydrogen (secondary N) is 1. The summed E-state index contributed by atoms with van der Waals surface area (Å²) in [5.74, 6) is 0.414. The highest BCUT2D eigenvalue weighted by Crippen LogP contribution is 2.31. The molecule has 0 heterocycles. The number of hydrogen-bond donors (Lipinski definition) is 2. The molecule has 0 aliphatic heterocycles. The standard InChI is InChI=1S/C20H23NO6/c1-25-14-6-4-13(5-7-14)10-19(22)21-17(12-20(23)24)16-9-8-15(26-2)11-18(16)27-3/h4-9,11,17H,10,12H2,1-3H3,(H,21,22)(H,23,24). The minimum Gasteiger partial charge on any atom is -0.497 e. The van der Waals surface area contributed by atoms with Crippen molar-refractivity contribution in [3.8, 4) is 17.2 Å². The molecule has 0 bridgehead atoms. The number of hydrogen-bond acceptors (Lipinski definition) is 5. The first-order valence-electron chi connectivity index (χ1n) is 8.32. The van der Waals surface area contributed by atoms with Gasteiger partial charge in [0.25, 0.3) is 0 Å². The van der Waals surface area contributed by atoms with E-state index in [0.717, 1.165) is 5.56 Å². The van der Waals surface area contributed by atoms with Gasteiger partial charge < -0.3 is 24.6 Å². The van der Waals surface area contributed by atoms with E-state index in [1.54, 1.807) is 49.6 Å². The fourth-order valence-corrected chi connectivity index (χ4v) is 2.69. The lowest BCUT2D eigenvalue weighted by Crippen LogP contribution is -2.31. The van der Waals surface area contributed by atoms with E-state index in [2.05, 4.69) is 5.32 Å². The molecule has 1 unspecified atom stereocenters. The molecule has 0 aromatic heterocycles. The second-order valence-electron chi connectivity index (χ2n) is 5.85. The van der Waals surface area contributed by atoms with Gasteiger partial charge in [0.15, 0.2) is 0 Å². The fourth-order valence-electron chi connectivity index (χ4n) is 2.69. The average Bonchev–Trinajstić information content (AvgIpc) is 2.67. The van der Waals surface area contributed by atoms with Crippen LogP contribution in [-0.2, 0) is 16.0 Å². The summed E-state index contributed by atoms with van der Waals surface area (Å²) < 4.78 is 15.6. The molecule has 27 heavy (non-hydrogen) atoms. The van der Waals surface area contributed by atoms with Gasteiger partial charge in [0.1, 0.15) is 17.2 Å². The highest BCUT2D eigenvalue weighted by atomic mass is 16.5. The van der Waals surface area contributed by atoms with Crippen LogP contribution in [0.15, 0.2) is 42.5 Å². The summed E-state index contributed by atoms with van der Waals surface area (Å²) in [7, 11) is 4.58. The Morgan fingerprint density at radius 1 is 0.963 bits per heavy atom. The summed E-state index contributed by atoms with van der Waals surface area (Å²) in [6, 6.07) is 11.4. The van der Waals surface area contributed by atoms with E-state index in [0.29, 0.717) is 22.8 Å². The Labute approximate surface area is 157 Å². The van der Waals surface area contributed by atoms with Gasteiger partial charge in [-0.3, -0.25) is 9.59 Å². The van der Waals surface area contributed by atoms with Gasteiger partial charge in [0, 0.05) is 11.6 Å². The van der Waals surface area contributed by atoms with Crippen LogP contribution in [0.5, 0.6) is 17.2 Å². The largest absolute Gasteiger partial charge is 0.497 e. The second kappa shape index (κ2) is 9.47. The van der Waals surface area contributed by atoms with Crippen molar-refractivity contribution in [2.24, 2.45) is 0 Å². The Bertz CT molecular complexity index is 788. The Morgan fingerprint density at radius 2 is 1.59 bits per heavy atom. The zero-order valence-electron chi connectivity index (χ0n) is 15.5. The average molecular weight is 373 g/mol. The molecule has 1 atom stereocenters. The number of ether oxygens (including phenoxy) is 3. The lowest BCUT2D eigenvalue weighted by atomic mass is 10.0. The maximum atomic E-state index is 12.5. The molecule has 0 saturated carbocycles. The molecule has 2 aromatic carbocycles. The third kappa shape index (κ3) is 5.64. The summed E-state index contributed by atoms with van der Waals surface area (Å²) in [6.45, 7) is 0. The van der Waals surface area contributed by atoms with Crippen LogP contribution in [0.2, 0.25) is 0 Å². The predicted molar refractivity (Wildman–Crippen MR) is 99.4 cm³/mol. The number of aliphatic carboxylic acids is 1. The quantitative estimate of drug-likeness (QED) is 0.702. The minimum atomic E-state index is -1.03. The third-order valence-corrected chi connectivity index (χ3v) is 4.05. The van der Waals surface area contributed by atoms with Crippen LogP contribution >= 0.6 is 0 Å². The van der Waals surface area contributed by atoms with E-state index in [1.807, 2.05) is 0 Å². The van der Waals surface area contributed by atoms with Crippen molar-refractivity contribution in [3.63, 3.8) is 0 Å². The number of carbonyl (C=O) groups excluding carboxylic acids is 1. The highest BCUT2D eigenvalue weighted by Gasteiger charge is 2.22. The van der Waals surface area contributed by atoms with Gasteiger partial charge >= 0.3 is 5.97 Å². The molecule has 0 aliphatic rings. The molecule has 2 N–H and O–H groups in total. The Kier molecular flexibility index (Phi) is 7.05. The molecule has 0 radical (unpaired) electrons. The van der Waals surface area contributed by atoms with Crippen molar-refractivity contribution in [2.75, 3.05) is 21.3 Å². The van der Waals surface area contributed by atoms with Crippen LogP contribution < -0.4 is 19.5 Å². The molecule has 0 aliphatic carbocycles. The molecule has 2 rings (SSSR count). The summed E-state index contributed by atoms with van der Waals surface area (Å²) in [5.41, 5.74) is 1.37. The molecule has 2 aromatic rings. The van der Waals surface area contributed by atoms with E-state index >= 15 is 0 Å². The normalized spacial score (nSPS) is 11.4. The maximum Gasteiger partial charge on any atom is 0.305 e. The molecule has 7 heteroatoms. The van der Waals surface area contributed by atoms with E-state index in [-0.39, 0.29) is 18.7 Å². The van der Waals surface area contributed by atoms with E-state index in [9.17, 15) is 14.7 Å². The molecular weight excluding hydrogens is 350 g/mol. The number of amides is 1. The Morgan fingerprint density at radius 3 is 2.15 bits per heavy atom. The van der Waals surface area contributed by atoms with Gasteiger partial charge in [0.05, 0.1) is 40.2 Å². The topological polar surface area (TPSA) is 94.1 Å². The molecule has 0 fully saturated rings. The van der Waals surface area contributed by atoms with Crippen LogP contribution in [-0.4, -0.2) is 38.3 Å². The van der Waals surface area contributed by atoms with Crippen molar-refractivity contribution in [1.82, 2.24) is 5.32 Å². The zero-order valence-corrected chi connectivity index (χ0v) is 15.5. The van der Waals surface area contributed by atoms with Crippen molar-refractivity contribution < 1.29 is 28.9 Å². The minimum absolute atomic E-state index is 0.124. The van der Waals surface area contributed by atoms with Gasteiger partial charge in [0.2, 0.25) is 5.91 Å². The van der Waals surface area contributed by atoms with Gasteiger partial charge in [-0.15, -0.1) is 0 Å². The number of benzene rings is 2. The molecule has 144 valence electrons. The second-order valence-corrected chi connectivity index (χ2v) is 5.85. The number of carbonyl (C=O) groups is 2. The van der Waals surface area contributed by atoms with Crippen molar-refractivity contribution >= 4 is 11.9 Å². The summed E-state index contributed by atoms with van der Waals surface area (Å²) in [5, 5.41) is 12.0. The van der Waals surface area contributed by atoms with Crippen LogP contribution in [0.4, 0.5) is 0 Å². The van der Waals surface area contributed by atoms with E-state index in [4.69, 9.17) is 14.2 Å². The predicted octanol–water partition coefficient (Wildman–Crippen LogP) is 2.59. The maximum absolute atomic E-state index is 12.5. The monoisotopic (exact) mass is 373 g/mol. The molecule has 0 spiro atoms. The number of carboxylic acid groups (broad SMARTS) is 1. The summed E-state index contributed by atoms with van der Waals surface area (Å²) in [4.78, 5) is 23.7. The van der Waals surface area contributed by atoms with E-state index in [1.165, 1.54) is 14.2 Å². The lowest BCUT2D eigenvalue weighted by Gasteiger charge is -2.20. The number of rotatable bonds is 9. The highest BCUT2D eigenvalue weighted by molar-refractivity contribution is 5.80. The number of methoxy groups -OCH3 is 3.